The highest BCUT2D eigenvalue weighted by atomic mass is 32.1. The standard InChI is InChI=1S/C14H18N6OS/c1-11-17-18-13(22-11)16-14(21)20-8-2-7-19(9-10-20)12-3-5-15-6-4-12/h3-6H,2,7-10H2,1H3,(H,16,18,21). The third kappa shape index (κ3) is 3.51. The van der Waals surface area contributed by atoms with Crippen LogP contribution in [0.15, 0.2) is 24.5 Å². The fourth-order valence-corrected chi connectivity index (χ4v) is 3.03. The van der Waals surface area contributed by atoms with E-state index < -0.39 is 0 Å². The molecule has 2 aromatic heterocycles. The van der Waals surface area contributed by atoms with Crippen LogP contribution in [0.3, 0.4) is 0 Å². The first kappa shape index (κ1) is 14.7. The molecule has 1 aliphatic rings. The number of hydrogen-bond donors (Lipinski definition) is 1. The first-order valence-electron chi connectivity index (χ1n) is 7.23. The summed E-state index contributed by atoms with van der Waals surface area (Å²) in [5.41, 5.74) is 1.15. The van der Waals surface area contributed by atoms with Crippen LogP contribution in [0.4, 0.5) is 15.6 Å². The Hall–Kier alpha value is -2.22. The first-order chi connectivity index (χ1) is 10.7. The number of carbonyl (C=O) groups excluding carboxylic acids is 1. The van der Waals surface area contributed by atoms with Gasteiger partial charge in [-0.2, -0.15) is 0 Å². The van der Waals surface area contributed by atoms with E-state index in [0.717, 1.165) is 36.8 Å². The molecule has 0 unspecified atom stereocenters. The number of aromatic nitrogens is 3. The van der Waals surface area contributed by atoms with Crippen LogP contribution in [0.5, 0.6) is 0 Å². The third-order valence-electron chi connectivity index (χ3n) is 3.55. The second kappa shape index (κ2) is 6.69. The molecule has 2 amide bonds. The average molecular weight is 318 g/mol. The normalized spacial score (nSPS) is 15.5. The topological polar surface area (TPSA) is 74.2 Å². The summed E-state index contributed by atoms with van der Waals surface area (Å²) in [5.74, 6) is 0. The zero-order valence-corrected chi connectivity index (χ0v) is 13.2. The van der Waals surface area contributed by atoms with E-state index >= 15 is 0 Å². The zero-order valence-electron chi connectivity index (χ0n) is 12.4. The van der Waals surface area contributed by atoms with Crippen molar-refractivity contribution in [3.05, 3.63) is 29.5 Å². The third-order valence-corrected chi connectivity index (χ3v) is 4.31. The molecule has 0 aromatic carbocycles. The maximum absolute atomic E-state index is 12.3. The second-order valence-corrected chi connectivity index (χ2v) is 6.27. The van der Waals surface area contributed by atoms with Gasteiger partial charge in [0.15, 0.2) is 0 Å². The van der Waals surface area contributed by atoms with E-state index in [1.807, 2.05) is 24.0 Å². The SMILES string of the molecule is Cc1nnc(NC(=O)N2CCCN(c3ccncc3)CC2)s1. The van der Waals surface area contributed by atoms with Gasteiger partial charge in [-0.1, -0.05) is 11.3 Å². The fraction of sp³-hybridized carbons (Fsp3) is 0.429. The fourth-order valence-electron chi connectivity index (χ4n) is 2.45. The highest BCUT2D eigenvalue weighted by molar-refractivity contribution is 7.15. The van der Waals surface area contributed by atoms with Crippen molar-refractivity contribution in [2.45, 2.75) is 13.3 Å². The summed E-state index contributed by atoms with van der Waals surface area (Å²) in [5, 5.41) is 12.0. The van der Waals surface area contributed by atoms with Gasteiger partial charge in [-0.3, -0.25) is 10.3 Å². The van der Waals surface area contributed by atoms with Crippen LogP contribution in [-0.2, 0) is 0 Å². The zero-order chi connectivity index (χ0) is 15.4. The number of carbonyl (C=O) groups is 1. The molecule has 1 saturated heterocycles. The van der Waals surface area contributed by atoms with Crippen LogP contribution in [0, 0.1) is 6.92 Å². The molecule has 1 N–H and O–H groups in total. The number of nitrogens with zero attached hydrogens (tertiary/aromatic N) is 5. The summed E-state index contributed by atoms with van der Waals surface area (Å²) in [4.78, 5) is 20.5. The Balaban J connectivity index is 1.59. The lowest BCUT2D eigenvalue weighted by molar-refractivity contribution is 0.215. The van der Waals surface area contributed by atoms with E-state index in [9.17, 15) is 4.79 Å². The predicted octanol–water partition coefficient (Wildman–Crippen LogP) is 1.99. The van der Waals surface area contributed by atoms with Crippen LogP contribution < -0.4 is 10.2 Å². The van der Waals surface area contributed by atoms with Gasteiger partial charge in [0.05, 0.1) is 0 Å². The molecule has 1 aliphatic heterocycles. The van der Waals surface area contributed by atoms with Gasteiger partial charge >= 0.3 is 6.03 Å². The molecular weight excluding hydrogens is 300 g/mol. The molecule has 0 aliphatic carbocycles. The smallest absolute Gasteiger partial charge is 0.323 e. The molecule has 3 rings (SSSR count). The molecule has 2 aromatic rings. The van der Waals surface area contributed by atoms with Crippen LogP contribution in [0.25, 0.3) is 0 Å². The first-order valence-corrected chi connectivity index (χ1v) is 8.05. The molecule has 22 heavy (non-hydrogen) atoms. The Morgan fingerprint density at radius 2 is 2.00 bits per heavy atom. The Morgan fingerprint density at radius 3 is 2.73 bits per heavy atom. The number of rotatable bonds is 2. The van der Waals surface area contributed by atoms with Crippen molar-refractivity contribution < 1.29 is 4.79 Å². The van der Waals surface area contributed by atoms with Crippen LogP contribution >= 0.6 is 11.3 Å². The van der Waals surface area contributed by atoms with Crippen LogP contribution in [0.1, 0.15) is 11.4 Å². The van der Waals surface area contributed by atoms with Gasteiger partial charge in [0.2, 0.25) is 5.13 Å². The maximum atomic E-state index is 12.3. The van der Waals surface area contributed by atoms with Crippen molar-refractivity contribution >= 4 is 28.2 Å². The summed E-state index contributed by atoms with van der Waals surface area (Å²) < 4.78 is 0. The van der Waals surface area contributed by atoms with Crippen molar-refractivity contribution in [2.24, 2.45) is 0 Å². The molecule has 0 saturated carbocycles. The van der Waals surface area contributed by atoms with Gasteiger partial charge < -0.3 is 9.80 Å². The number of hydrogen-bond acceptors (Lipinski definition) is 6. The van der Waals surface area contributed by atoms with Crippen LogP contribution in [0.2, 0.25) is 0 Å². The lowest BCUT2D eigenvalue weighted by Crippen LogP contribution is -2.38. The highest BCUT2D eigenvalue weighted by Crippen LogP contribution is 2.17. The van der Waals surface area contributed by atoms with E-state index in [2.05, 4.69) is 25.4 Å². The molecule has 3 heterocycles. The van der Waals surface area contributed by atoms with Crippen LogP contribution in [-0.4, -0.2) is 52.3 Å². The summed E-state index contributed by atoms with van der Waals surface area (Å²) in [6, 6.07) is 3.90. The highest BCUT2D eigenvalue weighted by Gasteiger charge is 2.20. The molecule has 0 spiro atoms. The molecule has 7 nitrogen and oxygen atoms in total. The maximum Gasteiger partial charge on any atom is 0.323 e. The number of urea groups is 1. The Bertz CT molecular complexity index is 631. The van der Waals surface area contributed by atoms with Gasteiger partial charge in [0, 0.05) is 44.3 Å². The van der Waals surface area contributed by atoms with Gasteiger partial charge in [-0.05, 0) is 25.5 Å². The molecule has 0 radical (unpaired) electrons. The second-order valence-electron chi connectivity index (χ2n) is 5.09. The number of anilines is 2. The number of nitrogens with one attached hydrogen (secondary N) is 1. The molecule has 8 heteroatoms. The Morgan fingerprint density at radius 1 is 1.18 bits per heavy atom. The van der Waals surface area contributed by atoms with E-state index in [-0.39, 0.29) is 6.03 Å². The minimum atomic E-state index is -0.104. The Kier molecular flexibility index (Phi) is 4.47. The van der Waals surface area contributed by atoms with Crippen molar-refractivity contribution in [1.29, 1.82) is 0 Å². The van der Waals surface area contributed by atoms with Crippen molar-refractivity contribution in [3.8, 4) is 0 Å². The quantitative estimate of drug-likeness (QED) is 0.916. The van der Waals surface area contributed by atoms with E-state index in [1.54, 1.807) is 12.4 Å². The van der Waals surface area contributed by atoms with Gasteiger partial charge in [-0.15, -0.1) is 10.2 Å². The molecule has 0 atom stereocenters. The monoisotopic (exact) mass is 318 g/mol. The molecule has 1 fully saturated rings. The van der Waals surface area contributed by atoms with Crippen molar-refractivity contribution in [3.63, 3.8) is 0 Å². The summed E-state index contributed by atoms with van der Waals surface area (Å²) in [6.07, 6.45) is 4.52. The number of pyridine rings is 1. The number of amides is 2. The summed E-state index contributed by atoms with van der Waals surface area (Å²) >= 11 is 1.38. The van der Waals surface area contributed by atoms with Crippen molar-refractivity contribution in [2.75, 3.05) is 36.4 Å². The minimum Gasteiger partial charge on any atom is -0.370 e. The van der Waals surface area contributed by atoms with Crippen molar-refractivity contribution in [1.82, 2.24) is 20.1 Å². The van der Waals surface area contributed by atoms with Gasteiger partial charge in [0.1, 0.15) is 5.01 Å². The lowest BCUT2D eigenvalue weighted by Gasteiger charge is -2.23. The summed E-state index contributed by atoms with van der Waals surface area (Å²) in [7, 11) is 0. The predicted molar refractivity (Wildman–Crippen MR) is 86.3 cm³/mol. The Labute approximate surface area is 133 Å². The van der Waals surface area contributed by atoms with Gasteiger partial charge in [-0.25, -0.2) is 4.79 Å². The minimum absolute atomic E-state index is 0.104. The van der Waals surface area contributed by atoms with E-state index in [4.69, 9.17) is 0 Å². The van der Waals surface area contributed by atoms with E-state index in [1.165, 1.54) is 11.3 Å². The van der Waals surface area contributed by atoms with Gasteiger partial charge in [0.25, 0.3) is 0 Å². The average Bonchev–Trinajstić information content (AvgIpc) is 2.80. The number of aryl methyl sites for hydroxylation is 1. The summed E-state index contributed by atoms with van der Waals surface area (Å²) in [6.45, 7) is 5.04. The molecular formula is C14H18N6OS. The molecule has 0 bridgehead atoms. The molecule has 116 valence electrons. The largest absolute Gasteiger partial charge is 0.370 e. The lowest BCUT2D eigenvalue weighted by atomic mass is 10.3. The van der Waals surface area contributed by atoms with E-state index in [0.29, 0.717) is 11.7 Å².